The number of nitrogens with zero attached hydrogens (tertiary/aromatic N) is 2. The maximum absolute atomic E-state index is 12.8. The van der Waals surface area contributed by atoms with Gasteiger partial charge in [-0.2, -0.15) is 0 Å². The van der Waals surface area contributed by atoms with Crippen molar-refractivity contribution in [1.29, 1.82) is 0 Å². The fraction of sp³-hybridized carbons (Fsp3) is 0.556. The summed E-state index contributed by atoms with van der Waals surface area (Å²) in [7, 11) is 1.72. The van der Waals surface area contributed by atoms with E-state index in [1.165, 1.54) is 0 Å². The second-order valence-electron chi connectivity index (χ2n) is 6.81. The quantitative estimate of drug-likeness (QED) is 0.907. The van der Waals surface area contributed by atoms with Crippen LogP contribution in [0.1, 0.15) is 32.1 Å². The lowest BCUT2D eigenvalue weighted by Crippen LogP contribution is -2.44. The Labute approximate surface area is 147 Å². The number of amides is 2. The van der Waals surface area contributed by atoms with Crippen LogP contribution in [-0.4, -0.2) is 42.4 Å². The molecule has 1 saturated carbocycles. The molecule has 1 aliphatic carbocycles. The van der Waals surface area contributed by atoms with E-state index in [0.29, 0.717) is 30.1 Å². The average molecular weight is 350 g/mol. The molecule has 5 nitrogen and oxygen atoms in total. The fourth-order valence-electron chi connectivity index (χ4n) is 3.80. The van der Waals surface area contributed by atoms with Crippen molar-refractivity contribution in [3.8, 4) is 0 Å². The van der Waals surface area contributed by atoms with E-state index in [1.54, 1.807) is 22.9 Å². The predicted molar refractivity (Wildman–Crippen MR) is 94.9 cm³/mol. The Balaban J connectivity index is 1.66. The van der Waals surface area contributed by atoms with E-state index in [9.17, 15) is 9.59 Å². The van der Waals surface area contributed by atoms with E-state index in [0.717, 1.165) is 19.3 Å². The first-order valence-electron chi connectivity index (χ1n) is 8.56. The number of carbonyl (C=O) groups is 2. The summed E-state index contributed by atoms with van der Waals surface area (Å²) >= 11 is 6.20. The van der Waals surface area contributed by atoms with E-state index >= 15 is 0 Å². The average Bonchev–Trinajstić information content (AvgIpc) is 3.13. The standard InChI is InChI=1S/C18H24ClN3O2/c1-21(17(23)11-12-5-4-7-14(12)20)16-9-10-22(18(16)24)15-8-3-2-6-13(15)19/h2-3,6,8,12,14,16H,4-5,7,9-11,20H2,1H3/t12-,14+,16?/m0/s1. The van der Waals surface area contributed by atoms with Crippen LogP contribution in [0.5, 0.6) is 0 Å². The SMILES string of the molecule is CN(C(=O)C[C@@H]1CCC[C@H]1N)C1CCN(c2ccccc2Cl)C1=O. The van der Waals surface area contributed by atoms with Crippen molar-refractivity contribution in [2.45, 2.75) is 44.2 Å². The Morgan fingerprint density at radius 3 is 2.75 bits per heavy atom. The van der Waals surface area contributed by atoms with Gasteiger partial charge in [0.05, 0.1) is 10.7 Å². The zero-order valence-electron chi connectivity index (χ0n) is 14.0. The van der Waals surface area contributed by atoms with Gasteiger partial charge in [-0.05, 0) is 37.3 Å². The molecule has 1 aromatic rings. The van der Waals surface area contributed by atoms with E-state index in [4.69, 9.17) is 17.3 Å². The van der Waals surface area contributed by atoms with E-state index in [-0.39, 0.29) is 23.8 Å². The summed E-state index contributed by atoms with van der Waals surface area (Å²) in [6, 6.07) is 7.01. The van der Waals surface area contributed by atoms with Gasteiger partial charge in [0.15, 0.2) is 0 Å². The van der Waals surface area contributed by atoms with Gasteiger partial charge >= 0.3 is 0 Å². The van der Waals surface area contributed by atoms with E-state index in [2.05, 4.69) is 0 Å². The summed E-state index contributed by atoms with van der Waals surface area (Å²) in [5, 5.41) is 0.553. The Morgan fingerprint density at radius 2 is 2.08 bits per heavy atom. The Kier molecular flexibility index (Phi) is 5.11. The second-order valence-corrected chi connectivity index (χ2v) is 7.22. The summed E-state index contributed by atoms with van der Waals surface area (Å²) in [5.74, 6) is 0.197. The molecule has 1 saturated heterocycles. The number of nitrogens with two attached hydrogens (primary N) is 1. The summed E-state index contributed by atoms with van der Waals surface area (Å²) in [4.78, 5) is 28.6. The monoisotopic (exact) mass is 349 g/mol. The van der Waals surface area contributed by atoms with Gasteiger partial charge in [0, 0.05) is 26.1 Å². The van der Waals surface area contributed by atoms with Crippen molar-refractivity contribution in [3.05, 3.63) is 29.3 Å². The summed E-state index contributed by atoms with van der Waals surface area (Å²) in [5.41, 5.74) is 6.78. The molecule has 0 bridgehead atoms. The maximum Gasteiger partial charge on any atom is 0.249 e. The lowest BCUT2D eigenvalue weighted by Gasteiger charge is -2.26. The number of rotatable bonds is 4. The molecular weight excluding hydrogens is 326 g/mol. The van der Waals surface area contributed by atoms with Crippen molar-refractivity contribution in [1.82, 2.24) is 4.90 Å². The lowest BCUT2D eigenvalue weighted by atomic mass is 9.99. The molecule has 1 unspecified atom stereocenters. The number of para-hydroxylation sites is 1. The van der Waals surface area contributed by atoms with E-state index in [1.807, 2.05) is 18.2 Å². The molecule has 24 heavy (non-hydrogen) atoms. The minimum atomic E-state index is -0.411. The molecule has 130 valence electrons. The van der Waals surface area contributed by atoms with Gasteiger partial charge < -0.3 is 15.5 Å². The molecular formula is C18H24ClN3O2. The highest BCUT2D eigenvalue weighted by atomic mass is 35.5. The smallest absolute Gasteiger partial charge is 0.249 e. The third kappa shape index (κ3) is 3.28. The molecule has 0 spiro atoms. The second kappa shape index (κ2) is 7.11. The third-order valence-electron chi connectivity index (χ3n) is 5.34. The van der Waals surface area contributed by atoms with Crippen LogP contribution in [0.15, 0.2) is 24.3 Å². The van der Waals surface area contributed by atoms with Gasteiger partial charge in [-0.25, -0.2) is 0 Å². The van der Waals surface area contributed by atoms with Crippen molar-refractivity contribution in [2.24, 2.45) is 11.7 Å². The predicted octanol–water partition coefficient (Wildman–Crippen LogP) is 2.42. The van der Waals surface area contributed by atoms with Crippen LogP contribution in [0.2, 0.25) is 5.02 Å². The topological polar surface area (TPSA) is 66.6 Å². The van der Waals surface area contributed by atoms with Crippen LogP contribution in [0.3, 0.4) is 0 Å². The number of hydrogen-bond donors (Lipinski definition) is 1. The minimum Gasteiger partial charge on any atom is -0.334 e. The zero-order valence-corrected chi connectivity index (χ0v) is 14.7. The highest BCUT2D eigenvalue weighted by Gasteiger charge is 2.38. The molecule has 0 radical (unpaired) electrons. The molecule has 0 aromatic heterocycles. The number of carbonyl (C=O) groups excluding carboxylic acids is 2. The van der Waals surface area contributed by atoms with Gasteiger partial charge in [0.1, 0.15) is 6.04 Å². The summed E-state index contributed by atoms with van der Waals surface area (Å²) in [6.45, 7) is 0.577. The van der Waals surface area contributed by atoms with Gasteiger partial charge in [0.25, 0.3) is 0 Å². The highest BCUT2D eigenvalue weighted by molar-refractivity contribution is 6.34. The molecule has 3 atom stereocenters. The molecule has 2 fully saturated rings. The normalized spacial score (nSPS) is 26.9. The molecule has 2 amide bonds. The van der Waals surface area contributed by atoms with Gasteiger partial charge in [-0.1, -0.05) is 30.2 Å². The van der Waals surface area contributed by atoms with Crippen molar-refractivity contribution in [2.75, 3.05) is 18.5 Å². The number of halogens is 1. The molecule has 2 N–H and O–H groups in total. The van der Waals surface area contributed by atoms with Gasteiger partial charge in [0.2, 0.25) is 11.8 Å². The maximum atomic E-state index is 12.8. The van der Waals surface area contributed by atoms with Crippen molar-refractivity contribution >= 4 is 29.1 Å². The third-order valence-corrected chi connectivity index (χ3v) is 5.66. The first-order valence-corrected chi connectivity index (χ1v) is 8.94. The minimum absolute atomic E-state index is 0.0108. The molecule has 1 heterocycles. The van der Waals surface area contributed by atoms with Gasteiger partial charge in [-0.3, -0.25) is 9.59 Å². The first-order chi connectivity index (χ1) is 11.5. The Bertz CT molecular complexity index is 636. The lowest BCUT2D eigenvalue weighted by molar-refractivity contribution is -0.137. The number of benzene rings is 1. The molecule has 1 aliphatic heterocycles. The zero-order chi connectivity index (χ0) is 17.3. The van der Waals surface area contributed by atoms with Crippen LogP contribution in [0.25, 0.3) is 0 Å². The van der Waals surface area contributed by atoms with Crippen molar-refractivity contribution < 1.29 is 9.59 Å². The van der Waals surface area contributed by atoms with Crippen LogP contribution in [0.4, 0.5) is 5.69 Å². The first kappa shape index (κ1) is 17.2. The molecule has 6 heteroatoms. The Morgan fingerprint density at radius 1 is 1.33 bits per heavy atom. The van der Waals surface area contributed by atoms with Gasteiger partial charge in [-0.15, -0.1) is 0 Å². The number of anilines is 1. The van der Waals surface area contributed by atoms with Crippen LogP contribution in [-0.2, 0) is 9.59 Å². The number of likely N-dealkylation sites (N-methyl/N-ethyl adjacent to an activating group) is 1. The van der Waals surface area contributed by atoms with Crippen LogP contribution < -0.4 is 10.6 Å². The fourth-order valence-corrected chi connectivity index (χ4v) is 4.03. The van der Waals surface area contributed by atoms with E-state index < -0.39 is 6.04 Å². The summed E-state index contributed by atoms with van der Waals surface area (Å²) < 4.78 is 0. The molecule has 1 aromatic carbocycles. The van der Waals surface area contributed by atoms with Crippen molar-refractivity contribution in [3.63, 3.8) is 0 Å². The molecule has 3 rings (SSSR count). The number of hydrogen-bond acceptors (Lipinski definition) is 3. The summed E-state index contributed by atoms with van der Waals surface area (Å²) in [6.07, 6.45) is 4.15. The van der Waals surface area contributed by atoms with Crippen LogP contribution >= 0.6 is 11.6 Å². The molecule has 2 aliphatic rings. The highest BCUT2D eigenvalue weighted by Crippen LogP contribution is 2.31. The van der Waals surface area contributed by atoms with Crippen LogP contribution in [0, 0.1) is 5.92 Å². The largest absolute Gasteiger partial charge is 0.334 e. The Hall–Kier alpha value is -1.59.